The first-order valence-corrected chi connectivity index (χ1v) is 10.8. The van der Waals surface area contributed by atoms with Crippen LogP contribution in [0.3, 0.4) is 0 Å². The second-order valence-corrected chi connectivity index (χ2v) is 8.73. The molecular formula is C16H26Cl2NO5P. The predicted octanol–water partition coefficient (Wildman–Crippen LogP) is 3.63. The van der Waals surface area contributed by atoms with Gasteiger partial charge in [0.1, 0.15) is 0 Å². The zero-order valence-electron chi connectivity index (χ0n) is 14.6. The van der Waals surface area contributed by atoms with Crippen molar-refractivity contribution in [1.29, 1.82) is 0 Å². The highest BCUT2D eigenvalue weighted by Crippen LogP contribution is 2.47. The van der Waals surface area contributed by atoms with Crippen LogP contribution in [0.4, 0.5) is 0 Å². The van der Waals surface area contributed by atoms with Gasteiger partial charge >= 0.3 is 0 Å². The molecule has 0 fully saturated rings. The molecule has 0 aliphatic heterocycles. The summed E-state index contributed by atoms with van der Waals surface area (Å²) in [5.41, 5.74) is 0.898. The minimum Gasteiger partial charge on any atom is -0.391 e. The molecule has 9 heteroatoms. The van der Waals surface area contributed by atoms with Crippen LogP contribution in [0.1, 0.15) is 32.4 Å². The lowest BCUT2D eigenvalue weighted by Gasteiger charge is -2.25. The van der Waals surface area contributed by atoms with Gasteiger partial charge in [0, 0.05) is 25.8 Å². The molecule has 1 aromatic carbocycles. The van der Waals surface area contributed by atoms with Gasteiger partial charge in [0.25, 0.3) is 7.37 Å². The summed E-state index contributed by atoms with van der Waals surface area (Å²) >= 11 is 11.9. The zero-order valence-corrected chi connectivity index (χ0v) is 17.0. The van der Waals surface area contributed by atoms with E-state index in [4.69, 9.17) is 32.7 Å². The van der Waals surface area contributed by atoms with Crippen LogP contribution in [0.2, 0.25) is 10.0 Å². The van der Waals surface area contributed by atoms with Gasteiger partial charge in [0.05, 0.1) is 22.3 Å². The molecule has 1 rings (SSSR count). The van der Waals surface area contributed by atoms with Crippen LogP contribution in [0.15, 0.2) is 18.2 Å². The van der Waals surface area contributed by atoms with E-state index in [2.05, 4.69) is 5.32 Å². The Morgan fingerprint density at radius 2 is 1.80 bits per heavy atom. The van der Waals surface area contributed by atoms with Gasteiger partial charge in [-0.05, 0) is 38.5 Å². The topological polar surface area (TPSA) is 88.0 Å². The monoisotopic (exact) mass is 413 g/mol. The SMILES string of the molecule is CCOC(OCC)P(=O)(O)C[C@H](O)CNC(C)c1ccc(Cl)c(Cl)c1. The van der Waals surface area contributed by atoms with Gasteiger partial charge < -0.3 is 24.8 Å². The number of hydrogen-bond acceptors (Lipinski definition) is 5. The average molecular weight is 414 g/mol. The van der Waals surface area contributed by atoms with Gasteiger partial charge in [0.15, 0.2) is 0 Å². The maximum atomic E-state index is 12.4. The van der Waals surface area contributed by atoms with Crippen molar-refractivity contribution < 1.29 is 24.0 Å². The molecule has 0 saturated carbocycles. The third kappa shape index (κ3) is 7.53. The zero-order chi connectivity index (χ0) is 19.0. The van der Waals surface area contributed by atoms with Gasteiger partial charge in [-0.1, -0.05) is 29.3 Å². The smallest absolute Gasteiger partial charge is 0.257 e. The van der Waals surface area contributed by atoms with Crippen LogP contribution in [0.5, 0.6) is 0 Å². The number of ether oxygens (including phenoxy) is 2. The van der Waals surface area contributed by atoms with Crippen LogP contribution in [-0.4, -0.2) is 48.1 Å². The number of halogens is 2. The second-order valence-electron chi connectivity index (χ2n) is 5.61. The summed E-state index contributed by atoms with van der Waals surface area (Å²) in [5.74, 6) is 0. The molecule has 0 aliphatic carbocycles. The van der Waals surface area contributed by atoms with E-state index in [-0.39, 0.29) is 32.0 Å². The Labute approximate surface area is 158 Å². The lowest BCUT2D eigenvalue weighted by atomic mass is 10.1. The minimum absolute atomic E-state index is 0.114. The largest absolute Gasteiger partial charge is 0.391 e. The number of aliphatic hydroxyl groups excluding tert-OH is 1. The Hall–Kier alpha value is -0.170. The summed E-state index contributed by atoms with van der Waals surface area (Å²) < 4.78 is 22.7. The normalized spacial score (nSPS) is 16.6. The summed E-state index contributed by atoms with van der Waals surface area (Å²) in [7, 11) is -3.81. The van der Waals surface area contributed by atoms with E-state index in [1.54, 1.807) is 26.0 Å². The summed E-state index contributed by atoms with van der Waals surface area (Å²) in [4.78, 5) is 10.1. The van der Waals surface area contributed by atoms with Crippen molar-refractivity contribution >= 4 is 30.6 Å². The van der Waals surface area contributed by atoms with E-state index in [0.717, 1.165) is 5.56 Å². The number of rotatable bonds is 11. The molecule has 6 nitrogen and oxygen atoms in total. The fraction of sp³-hybridized carbons (Fsp3) is 0.625. The molecule has 1 aromatic rings. The Morgan fingerprint density at radius 1 is 1.20 bits per heavy atom. The number of hydrogen-bond donors (Lipinski definition) is 3. The maximum absolute atomic E-state index is 12.4. The molecule has 0 radical (unpaired) electrons. The molecule has 3 atom stereocenters. The van der Waals surface area contributed by atoms with Crippen LogP contribution in [0, 0.1) is 0 Å². The fourth-order valence-corrected chi connectivity index (χ4v) is 4.21. The molecular weight excluding hydrogens is 388 g/mol. The standard InChI is InChI=1S/C16H26Cl2NO5P/c1-4-23-16(24-5-2)25(21,22)10-13(20)9-19-11(3)12-6-7-14(17)15(18)8-12/h6-8,11,13,16,19-20H,4-5,9-10H2,1-3H3,(H,21,22)/t11?,13-/m1/s1. The first kappa shape index (κ1) is 22.9. The van der Waals surface area contributed by atoms with Gasteiger partial charge in [0.2, 0.25) is 6.03 Å². The van der Waals surface area contributed by atoms with E-state index in [1.807, 2.05) is 13.0 Å². The number of aliphatic hydroxyl groups is 1. The van der Waals surface area contributed by atoms with Gasteiger partial charge in [-0.3, -0.25) is 4.57 Å². The van der Waals surface area contributed by atoms with Crippen molar-refractivity contribution in [2.45, 2.75) is 38.9 Å². The molecule has 25 heavy (non-hydrogen) atoms. The van der Waals surface area contributed by atoms with E-state index in [1.165, 1.54) is 0 Å². The first-order valence-electron chi connectivity index (χ1n) is 8.12. The third-order valence-corrected chi connectivity index (χ3v) is 6.16. The van der Waals surface area contributed by atoms with Crippen LogP contribution in [0.25, 0.3) is 0 Å². The molecule has 0 spiro atoms. The van der Waals surface area contributed by atoms with Crippen LogP contribution in [-0.2, 0) is 14.0 Å². The van der Waals surface area contributed by atoms with E-state index < -0.39 is 19.5 Å². The lowest BCUT2D eigenvalue weighted by molar-refractivity contribution is -0.0876. The summed E-state index contributed by atoms with van der Waals surface area (Å²) in [6.07, 6.45) is -1.34. The van der Waals surface area contributed by atoms with Crippen molar-refractivity contribution in [3.8, 4) is 0 Å². The van der Waals surface area contributed by atoms with Gasteiger partial charge in [-0.15, -0.1) is 0 Å². The third-order valence-electron chi connectivity index (χ3n) is 3.52. The molecule has 0 aromatic heterocycles. The molecule has 0 saturated heterocycles. The summed E-state index contributed by atoms with van der Waals surface area (Å²) in [6, 6.07) is 3.94. The molecule has 3 N–H and O–H groups in total. The maximum Gasteiger partial charge on any atom is 0.257 e. The molecule has 2 unspecified atom stereocenters. The highest BCUT2D eigenvalue weighted by atomic mass is 35.5. The van der Waals surface area contributed by atoms with E-state index in [9.17, 15) is 14.6 Å². The molecule has 0 heterocycles. The number of benzene rings is 1. The highest BCUT2D eigenvalue weighted by Gasteiger charge is 2.34. The van der Waals surface area contributed by atoms with Crippen molar-refractivity contribution in [2.75, 3.05) is 25.9 Å². The van der Waals surface area contributed by atoms with Crippen LogP contribution < -0.4 is 5.32 Å². The summed E-state index contributed by atoms with van der Waals surface area (Å²) in [6.45, 7) is 5.95. The quantitative estimate of drug-likeness (QED) is 0.379. The van der Waals surface area contributed by atoms with E-state index >= 15 is 0 Å². The Morgan fingerprint density at radius 3 is 2.32 bits per heavy atom. The molecule has 144 valence electrons. The average Bonchev–Trinajstić information content (AvgIpc) is 2.54. The van der Waals surface area contributed by atoms with Crippen molar-refractivity contribution in [3.63, 3.8) is 0 Å². The predicted molar refractivity (Wildman–Crippen MR) is 101 cm³/mol. The first-order chi connectivity index (χ1) is 11.7. The Bertz CT molecular complexity index is 584. The molecule has 0 amide bonds. The summed E-state index contributed by atoms with van der Waals surface area (Å²) in [5, 5.41) is 14.1. The molecule has 0 bridgehead atoms. The van der Waals surface area contributed by atoms with E-state index in [0.29, 0.717) is 10.0 Å². The van der Waals surface area contributed by atoms with Crippen molar-refractivity contribution in [3.05, 3.63) is 33.8 Å². The Kier molecular flexibility index (Phi) is 9.93. The second kappa shape index (κ2) is 10.9. The van der Waals surface area contributed by atoms with Gasteiger partial charge in [-0.2, -0.15) is 0 Å². The van der Waals surface area contributed by atoms with Crippen molar-refractivity contribution in [1.82, 2.24) is 5.32 Å². The fourth-order valence-electron chi connectivity index (χ4n) is 2.23. The number of nitrogens with one attached hydrogen (secondary N) is 1. The van der Waals surface area contributed by atoms with Gasteiger partial charge in [-0.25, -0.2) is 0 Å². The Balaban J connectivity index is 2.58. The highest BCUT2D eigenvalue weighted by molar-refractivity contribution is 7.58. The lowest BCUT2D eigenvalue weighted by Crippen LogP contribution is -2.33. The van der Waals surface area contributed by atoms with Crippen LogP contribution >= 0.6 is 30.6 Å². The van der Waals surface area contributed by atoms with Crippen molar-refractivity contribution in [2.24, 2.45) is 0 Å². The molecule has 0 aliphatic rings. The minimum atomic E-state index is -3.81.